The highest BCUT2D eigenvalue weighted by molar-refractivity contribution is 5.22. The minimum atomic E-state index is -1.05. The van der Waals surface area contributed by atoms with E-state index in [1.54, 1.807) is 6.07 Å². The molecule has 1 atom stereocenters. The summed E-state index contributed by atoms with van der Waals surface area (Å²) in [5.74, 6) is 0. The monoisotopic (exact) mass is 151 g/mol. The Labute approximate surface area is 66.4 Å². The molecule has 0 fully saturated rings. The van der Waals surface area contributed by atoms with Crippen LogP contribution in [0.15, 0.2) is 24.3 Å². The highest BCUT2D eigenvalue weighted by Crippen LogP contribution is 2.14. The van der Waals surface area contributed by atoms with Gasteiger partial charge in [0, 0.05) is 12.7 Å². The van der Waals surface area contributed by atoms with E-state index in [2.05, 4.69) is 4.74 Å². The first-order valence-corrected chi connectivity index (χ1v) is 3.49. The maximum Gasteiger partial charge on any atom is 0.217 e. The summed E-state index contributed by atoms with van der Waals surface area (Å²) in [7, 11) is 1.42. The average molecular weight is 151 g/mol. The Morgan fingerprint density at radius 2 is 2.18 bits per heavy atom. The third-order valence-corrected chi connectivity index (χ3v) is 1.53. The van der Waals surface area contributed by atoms with Gasteiger partial charge in [0.15, 0.2) is 0 Å². The van der Waals surface area contributed by atoms with E-state index in [0.717, 1.165) is 5.56 Å². The number of hydrogen-bond acceptors (Lipinski definition) is 1. The van der Waals surface area contributed by atoms with Gasteiger partial charge in [0.2, 0.25) is 6.29 Å². The standard InChI is InChI=1S/C9H11O2/c1-7-4-3-5-8(6-7)9(10)11-2/h3-6,9H,1-2H3. The van der Waals surface area contributed by atoms with Crippen LogP contribution in [0.2, 0.25) is 0 Å². The molecule has 0 aliphatic carbocycles. The molecule has 0 aliphatic rings. The van der Waals surface area contributed by atoms with Crippen LogP contribution in [-0.2, 0) is 9.84 Å². The first-order valence-electron chi connectivity index (χ1n) is 3.49. The van der Waals surface area contributed by atoms with Crippen LogP contribution in [0.3, 0.4) is 0 Å². The van der Waals surface area contributed by atoms with E-state index >= 15 is 0 Å². The number of rotatable bonds is 2. The Kier molecular flexibility index (Phi) is 2.63. The zero-order valence-corrected chi connectivity index (χ0v) is 6.70. The maximum absolute atomic E-state index is 11.0. The Hall–Kier alpha value is -0.860. The molecule has 0 aromatic heterocycles. The van der Waals surface area contributed by atoms with Crippen molar-refractivity contribution >= 4 is 0 Å². The third-order valence-electron chi connectivity index (χ3n) is 1.53. The minimum absolute atomic E-state index is 0.688. The SMILES string of the molecule is COC([O])c1cccc(C)c1. The van der Waals surface area contributed by atoms with Gasteiger partial charge in [0.05, 0.1) is 0 Å². The third kappa shape index (κ3) is 2.03. The van der Waals surface area contributed by atoms with Crippen LogP contribution in [0.25, 0.3) is 0 Å². The van der Waals surface area contributed by atoms with Crippen LogP contribution >= 0.6 is 0 Å². The second-order valence-electron chi connectivity index (χ2n) is 2.48. The molecule has 59 valence electrons. The Morgan fingerprint density at radius 1 is 1.45 bits per heavy atom. The molecule has 1 unspecified atom stereocenters. The van der Waals surface area contributed by atoms with Gasteiger partial charge in [-0.25, -0.2) is 0 Å². The van der Waals surface area contributed by atoms with Crippen LogP contribution in [0.5, 0.6) is 0 Å². The van der Waals surface area contributed by atoms with E-state index in [0.29, 0.717) is 5.56 Å². The van der Waals surface area contributed by atoms with Gasteiger partial charge >= 0.3 is 0 Å². The van der Waals surface area contributed by atoms with E-state index < -0.39 is 6.29 Å². The molecular weight excluding hydrogens is 140 g/mol. The van der Waals surface area contributed by atoms with Crippen LogP contribution in [0.1, 0.15) is 17.4 Å². The van der Waals surface area contributed by atoms with Gasteiger partial charge in [-0.3, -0.25) is 0 Å². The molecule has 1 aromatic rings. The van der Waals surface area contributed by atoms with Crippen molar-refractivity contribution in [3.05, 3.63) is 35.4 Å². The van der Waals surface area contributed by atoms with Crippen molar-refractivity contribution in [1.29, 1.82) is 0 Å². The minimum Gasteiger partial charge on any atom is -0.349 e. The topological polar surface area (TPSA) is 29.1 Å². The van der Waals surface area contributed by atoms with Crippen LogP contribution in [0.4, 0.5) is 0 Å². The molecule has 1 radical (unpaired) electrons. The summed E-state index contributed by atoms with van der Waals surface area (Å²) < 4.78 is 4.64. The van der Waals surface area contributed by atoms with E-state index in [-0.39, 0.29) is 0 Å². The van der Waals surface area contributed by atoms with Gasteiger partial charge in [-0.15, -0.1) is 0 Å². The lowest BCUT2D eigenvalue weighted by Crippen LogP contribution is -1.97. The van der Waals surface area contributed by atoms with Crippen LogP contribution in [0, 0.1) is 6.92 Å². The summed E-state index contributed by atoms with van der Waals surface area (Å²) >= 11 is 0. The van der Waals surface area contributed by atoms with E-state index in [1.807, 2.05) is 25.1 Å². The number of ether oxygens (including phenoxy) is 1. The Balaban J connectivity index is 2.86. The van der Waals surface area contributed by atoms with Crippen molar-refractivity contribution in [3.63, 3.8) is 0 Å². The van der Waals surface area contributed by atoms with Gasteiger partial charge in [-0.1, -0.05) is 29.8 Å². The molecule has 0 bridgehead atoms. The Morgan fingerprint density at radius 3 is 2.73 bits per heavy atom. The van der Waals surface area contributed by atoms with Crippen molar-refractivity contribution in [2.24, 2.45) is 0 Å². The van der Waals surface area contributed by atoms with Gasteiger partial charge in [0.1, 0.15) is 0 Å². The molecule has 1 rings (SSSR count). The van der Waals surface area contributed by atoms with Gasteiger partial charge in [-0.05, 0) is 6.92 Å². The summed E-state index contributed by atoms with van der Waals surface area (Å²) in [5.41, 5.74) is 1.77. The molecule has 2 nitrogen and oxygen atoms in total. The molecular formula is C9H11O2. The summed E-state index contributed by atoms with van der Waals surface area (Å²) in [6.45, 7) is 1.95. The molecule has 0 spiro atoms. The molecule has 1 aromatic carbocycles. The van der Waals surface area contributed by atoms with Gasteiger partial charge < -0.3 is 4.74 Å². The first kappa shape index (κ1) is 8.24. The quantitative estimate of drug-likeness (QED) is 0.595. The highest BCUT2D eigenvalue weighted by atomic mass is 16.6. The fourth-order valence-electron chi connectivity index (χ4n) is 0.953. The average Bonchev–Trinajstić information content (AvgIpc) is 2.03. The predicted octanol–water partition coefficient (Wildman–Crippen LogP) is 2.07. The zero-order chi connectivity index (χ0) is 8.27. The zero-order valence-electron chi connectivity index (χ0n) is 6.70. The van der Waals surface area contributed by atoms with Crippen molar-refractivity contribution in [2.75, 3.05) is 7.11 Å². The Bertz CT molecular complexity index is 233. The summed E-state index contributed by atoms with van der Waals surface area (Å²) in [5, 5.41) is 11.0. The number of methoxy groups -OCH3 is 1. The molecule has 11 heavy (non-hydrogen) atoms. The summed E-state index contributed by atoms with van der Waals surface area (Å²) in [4.78, 5) is 0. The van der Waals surface area contributed by atoms with E-state index in [9.17, 15) is 5.11 Å². The second kappa shape index (κ2) is 3.51. The van der Waals surface area contributed by atoms with E-state index in [1.165, 1.54) is 7.11 Å². The molecule has 0 N–H and O–H groups in total. The molecule has 2 heteroatoms. The predicted molar refractivity (Wildman–Crippen MR) is 41.6 cm³/mol. The lowest BCUT2D eigenvalue weighted by atomic mass is 10.1. The molecule has 0 amide bonds. The molecule has 0 aliphatic heterocycles. The van der Waals surface area contributed by atoms with Gasteiger partial charge in [-0.2, -0.15) is 5.11 Å². The summed E-state index contributed by atoms with van der Waals surface area (Å²) in [6.07, 6.45) is -1.05. The highest BCUT2D eigenvalue weighted by Gasteiger charge is 2.05. The largest absolute Gasteiger partial charge is 0.349 e. The van der Waals surface area contributed by atoms with Crippen molar-refractivity contribution in [3.8, 4) is 0 Å². The first-order chi connectivity index (χ1) is 5.24. The molecule has 0 heterocycles. The second-order valence-corrected chi connectivity index (χ2v) is 2.48. The van der Waals surface area contributed by atoms with Crippen LogP contribution in [-0.4, -0.2) is 7.11 Å². The van der Waals surface area contributed by atoms with E-state index in [4.69, 9.17) is 0 Å². The fourth-order valence-corrected chi connectivity index (χ4v) is 0.953. The van der Waals surface area contributed by atoms with Gasteiger partial charge in [0.25, 0.3) is 0 Å². The van der Waals surface area contributed by atoms with Crippen molar-refractivity contribution in [2.45, 2.75) is 13.2 Å². The fraction of sp³-hybridized carbons (Fsp3) is 0.333. The normalized spacial score (nSPS) is 13.0. The summed E-state index contributed by atoms with van der Waals surface area (Å²) in [6, 6.07) is 7.41. The maximum atomic E-state index is 11.0. The van der Waals surface area contributed by atoms with Crippen molar-refractivity contribution < 1.29 is 9.84 Å². The smallest absolute Gasteiger partial charge is 0.217 e. The lowest BCUT2D eigenvalue weighted by molar-refractivity contribution is -0.123. The number of hydrogen-bond donors (Lipinski definition) is 0. The number of benzene rings is 1. The number of aryl methyl sites for hydroxylation is 1. The lowest BCUT2D eigenvalue weighted by Gasteiger charge is -2.05. The molecule has 0 saturated carbocycles. The molecule has 0 saturated heterocycles. The van der Waals surface area contributed by atoms with Crippen LogP contribution < -0.4 is 0 Å². The van der Waals surface area contributed by atoms with Crippen molar-refractivity contribution in [1.82, 2.24) is 0 Å².